The fourth-order valence-corrected chi connectivity index (χ4v) is 3.29. The summed E-state index contributed by atoms with van der Waals surface area (Å²) in [7, 11) is 2.32. The zero-order valence-corrected chi connectivity index (χ0v) is 12.8. The smallest absolute Gasteiger partial charge is 0.233 e. The van der Waals surface area contributed by atoms with Gasteiger partial charge in [-0.3, -0.25) is 4.79 Å². The summed E-state index contributed by atoms with van der Waals surface area (Å²) in [6.07, 6.45) is 6.86. The molecule has 2 heterocycles. The van der Waals surface area contributed by atoms with Crippen molar-refractivity contribution in [3.05, 3.63) is 23.4 Å². The number of nitrogens with zero attached hydrogens (tertiary/aromatic N) is 2. The van der Waals surface area contributed by atoms with Crippen molar-refractivity contribution in [3.63, 3.8) is 0 Å². The van der Waals surface area contributed by atoms with E-state index in [1.165, 1.54) is 31.5 Å². The molecule has 2 aliphatic heterocycles. The predicted molar refractivity (Wildman–Crippen MR) is 78.4 cm³/mol. The second-order valence-electron chi connectivity index (χ2n) is 6.47. The van der Waals surface area contributed by atoms with Gasteiger partial charge in [0.1, 0.15) is 0 Å². The summed E-state index contributed by atoms with van der Waals surface area (Å²) in [5.41, 5.74) is 2.29. The number of allylic oxidation sites excluding steroid dienone is 3. The van der Waals surface area contributed by atoms with Crippen molar-refractivity contribution < 1.29 is 9.28 Å². The Labute approximate surface area is 117 Å². The van der Waals surface area contributed by atoms with E-state index in [0.717, 1.165) is 23.3 Å². The number of amides is 1. The summed E-state index contributed by atoms with van der Waals surface area (Å²) in [6, 6.07) is 0. The molecule has 2 aliphatic rings. The van der Waals surface area contributed by atoms with Crippen LogP contribution in [0.25, 0.3) is 0 Å². The number of hydrogen-bond donors (Lipinski definition) is 0. The minimum Gasteiger partial charge on any atom is -0.325 e. The zero-order chi connectivity index (χ0) is 14.0. The SMILES string of the molecule is CC1=CC(C)C(=O)N(CC[N+]2(C)CCCC2)C(C)=C1. The highest BCUT2D eigenvalue weighted by Crippen LogP contribution is 2.21. The molecule has 0 N–H and O–H groups in total. The lowest BCUT2D eigenvalue weighted by molar-refractivity contribution is -0.897. The molecule has 1 saturated heterocycles. The van der Waals surface area contributed by atoms with Crippen molar-refractivity contribution >= 4 is 5.91 Å². The molecule has 0 aromatic heterocycles. The molecule has 0 aromatic carbocycles. The van der Waals surface area contributed by atoms with Gasteiger partial charge in [0.2, 0.25) is 5.91 Å². The van der Waals surface area contributed by atoms with Gasteiger partial charge in [-0.2, -0.15) is 0 Å². The van der Waals surface area contributed by atoms with E-state index in [0.29, 0.717) is 0 Å². The van der Waals surface area contributed by atoms with Crippen molar-refractivity contribution in [1.29, 1.82) is 0 Å². The maximum absolute atomic E-state index is 12.4. The molecule has 1 amide bonds. The van der Waals surface area contributed by atoms with Crippen LogP contribution in [-0.4, -0.2) is 48.5 Å². The Hall–Kier alpha value is -1.09. The molecule has 19 heavy (non-hydrogen) atoms. The summed E-state index contributed by atoms with van der Waals surface area (Å²) >= 11 is 0. The average Bonchev–Trinajstić information content (AvgIpc) is 2.72. The minimum absolute atomic E-state index is 0.00224. The standard InChI is InChI=1S/C16H27N2O/c1-13-11-14(2)16(19)17(15(3)12-13)7-10-18(4)8-5-6-9-18/h11-12,14H,5-10H2,1-4H3/q+1. The third-order valence-electron chi connectivity index (χ3n) is 4.54. The van der Waals surface area contributed by atoms with Crippen LogP contribution in [-0.2, 0) is 4.79 Å². The second-order valence-corrected chi connectivity index (χ2v) is 6.47. The normalized spacial score (nSPS) is 27.1. The first-order valence-electron chi connectivity index (χ1n) is 7.43. The molecule has 3 heteroatoms. The number of hydrogen-bond acceptors (Lipinski definition) is 1. The minimum atomic E-state index is -0.00224. The summed E-state index contributed by atoms with van der Waals surface area (Å²) in [4.78, 5) is 14.4. The van der Waals surface area contributed by atoms with Gasteiger partial charge in [0.15, 0.2) is 0 Å². The molecule has 0 bridgehead atoms. The molecule has 0 aromatic rings. The highest BCUT2D eigenvalue weighted by atomic mass is 16.2. The quantitative estimate of drug-likeness (QED) is 0.717. The Morgan fingerprint density at radius 2 is 1.95 bits per heavy atom. The average molecular weight is 263 g/mol. The first-order chi connectivity index (χ1) is 8.91. The molecule has 0 saturated carbocycles. The maximum Gasteiger partial charge on any atom is 0.233 e. The number of likely N-dealkylation sites (N-methyl/N-ethyl adjacent to an activating group) is 1. The topological polar surface area (TPSA) is 20.3 Å². The number of likely N-dealkylation sites (tertiary alicyclic amines) is 1. The lowest BCUT2D eigenvalue weighted by Crippen LogP contribution is -2.47. The van der Waals surface area contributed by atoms with Crippen LogP contribution in [0.3, 0.4) is 0 Å². The monoisotopic (exact) mass is 263 g/mol. The van der Waals surface area contributed by atoms with Crippen molar-refractivity contribution in [1.82, 2.24) is 4.90 Å². The fourth-order valence-electron chi connectivity index (χ4n) is 3.29. The highest BCUT2D eigenvalue weighted by molar-refractivity contribution is 5.82. The van der Waals surface area contributed by atoms with Gasteiger partial charge in [0, 0.05) is 18.5 Å². The molecule has 2 rings (SSSR count). The third kappa shape index (κ3) is 3.27. The molecule has 0 aliphatic carbocycles. The molecule has 106 valence electrons. The zero-order valence-electron chi connectivity index (χ0n) is 12.8. The Balaban J connectivity index is 2.06. The maximum atomic E-state index is 12.4. The van der Waals surface area contributed by atoms with Gasteiger partial charge in [-0.25, -0.2) is 0 Å². The van der Waals surface area contributed by atoms with Crippen LogP contribution in [0, 0.1) is 5.92 Å². The molecule has 0 spiro atoms. The number of carbonyl (C=O) groups excluding carboxylic acids is 1. The van der Waals surface area contributed by atoms with E-state index in [1.54, 1.807) is 0 Å². The van der Waals surface area contributed by atoms with Crippen LogP contribution in [0.4, 0.5) is 0 Å². The van der Waals surface area contributed by atoms with Gasteiger partial charge in [-0.1, -0.05) is 18.6 Å². The van der Waals surface area contributed by atoms with E-state index in [9.17, 15) is 4.79 Å². The molecule has 1 unspecified atom stereocenters. The largest absolute Gasteiger partial charge is 0.325 e. The second kappa shape index (κ2) is 5.49. The number of carbonyl (C=O) groups is 1. The molecule has 1 atom stereocenters. The van der Waals surface area contributed by atoms with Crippen LogP contribution in [0.2, 0.25) is 0 Å². The van der Waals surface area contributed by atoms with E-state index >= 15 is 0 Å². The highest BCUT2D eigenvalue weighted by Gasteiger charge is 2.30. The molecular weight excluding hydrogens is 236 g/mol. The first kappa shape index (κ1) is 14.3. The number of quaternary nitrogens is 1. The Morgan fingerprint density at radius 1 is 1.32 bits per heavy atom. The fraction of sp³-hybridized carbons (Fsp3) is 0.688. The van der Waals surface area contributed by atoms with Gasteiger partial charge >= 0.3 is 0 Å². The molecular formula is C16H27N2O+. The van der Waals surface area contributed by atoms with Gasteiger partial charge < -0.3 is 9.38 Å². The van der Waals surface area contributed by atoms with Crippen LogP contribution in [0.15, 0.2) is 23.4 Å². The van der Waals surface area contributed by atoms with Gasteiger partial charge in [-0.15, -0.1) is 0 Å². The Bertz CT molecular complexity index is 416. The Morgan fingerprint density at radius 3 is 2.58 bits per heavy atom. The van der Waals surface area contributed by atoms with Crippen LogP contribution < -0.4 is 0 Å². The van der Waals surface area contributed by atoms with E-state index in [2.05, 4.69) is 33.0 Å². The summed E-state index contributed by atoms with van der Waals surface area (Å²) < 4.78 is 1.12. The van der Waals surface area contributed by atoms with Crippen LogP contribution in [0.1, 0.15) is 33.6 Å². The van der Waals surface area contributed by atoms with Gasteiger partial charge in [-0.05, 0) is 19.9 Å². The van der Waals surface area contributed by atoms with Crippen LogP contribution in [0.5, 0.6) is 0 Å². The van der Waals surface area contributed by atoms with E-state index < -0.39 is 0 Å². The first-order valence-corrected chi connectivity index (χ1v) is 7.43. The Kier molecular flexibility index (Phi) is 4.14. The molecule has 1 fully saturated rings. The van der Waals surface area contributed by atoms with Crippen LogP contribution >= 0.6 is 0 Å². The third-order valence-corrected chi connectivity index (χ3v) is 4.54. The molecule has 3 nitrogen and oxygen atoms in total. The van der Waals surface area contributed by atoms with E-state index in [4.69, 9.17) is 0 Å². The van der Waals surface area contributed by atoms with Gasteiger partial charge in [0.25, 0.3) is 0 Å². The van der Waals surface area contributed by atoms with Crippen molar-refractivity contribution in [2.45, 2.75) is 33.6 Å². The van der Waals surface area contributed by atoms with E-state index in [-0.39, 0.29) is 11.8 Å². The predicted octanol–water partition coefficient (Wildman–Crippen LogP) is 2.56. The lowest BCUT2D eigenvalue weighted by atomic mass is 10.1. The lowest BCUT2D eigenvalue weighted by Gasteiger charge is -2.33. The van der Waals surface area contributed by atoms with Crippen molar-refractivity contribution in [3.8, 4) is 0 Å². The number of rotatable bonds is 3. The summed E-state index contributed by atoms with van der Waals surface area (Å²) in [5.74, 6) is 0.244. The van der Waals surface area contributed by atoms with E-state index in [1.807, 2.05) is 11.8 Å². The summed E-state index contributed by atoms with van der Waals surface area (Å²) in [5, 5.41) is 0. The molecule has 0 radical (unpaired) electrons. The summed E-state index contributed by atoms with van der Waals surface area (Å²) in [6.45, 7) is 10.6. The van der Waals surface area contributed by atoms with Crippen molar-refractivity contribution in [2.24, 2.45) is 5.92 Å². The van der Waals surface area contributed by atoms with Gasteiger partial charge in [0.05, 0.1) is 39.1 Å². The van der Waals surface area contributed by atoms with Crippen molar-refractivity contribution in [2.75, 3.05) is 33.2 Å².